The standard InChI is InChI=1S/C14H16O/c1-5-11-15-14(4,6-2)13-9-7-12(3)8-10-13/h2,5,7-10H,1,11H2,3-4H3. The Labute approximate surface area is 91.8 Å². The molecule has 0 amide bonds. The van der Waals surface area contributed by atoms with E-state index < -0.39 is 5.60 Å². The molecule has 0 radical (unpaired) electrons. The van der Waals surface area contributed by atoms with E-state index in [1.165, 1.54) is 5.56 Å². The number of ether oxygens (including phenoxy) is 1. The van der Waals surface area contributed by atoms with E-state index in [0.717, 1.165) is 5.56 Å². The summed E-state index contributed by atoms with van der Waals surface area (Å²) in [5.41, 5.74) is 1.54. The number of terminal acetylenes is 1. The fraction of sp³-hybridized carbons (Fsp3) is 0.286. The molecule has 78 valence electrons. The van der Waals surface area contributed by atoms with E-state index >= 15 is 0 Å². The van der Waals surface area contributed by atoms with Crippen LogP contribution < -0.4 is 0 Å². The minimum absolute atomic E-state index is 0.453. The zero-order chi connectivity index (χ0) is 11.3. The second kappa shape index (κ2) is 4.82. The van der Waals surface area contributed by atoms with Crippen molar-refractivity contribution in [2.45, 2.75) is 19.4 Å². The van der Waals surface area contributed by atoms with Gasteiger partial charge in [0.2, 0.25) is 0 Å². The molecule has 0 heterocycles. The Bertz CT molecular complexity index is 369. The van der Waals surface area contributed by atoms with Gasteiger partial charge in [0.15, 0.2) is 5.60 Å². The van der Waals surface area contributed by atoms with Gasteiger partial charge in [0.05, 0.1) is 6.61 Å². The Balaban J connectivity index is 2.96. The van der Waals surface area contributed by atoms with Gasteiger partial charge in [-0.15, -0.1) is 13.0 Å². The first kappa shape index (κ1) is 11.6. The summed E-state index contributed by atoms with van der Waals surface area (Å²) in [5, 5.41) is 0. The van der Waals surface area contributed by atoms with Crippen LogP contribution >= 0.6 is 0 Å². The van der Waals surface area contributed by atoms with E-state index in [-0.39, 0.29) is 0 Å². The molecule has 0 saturated carbocycles. The van der Waals surface area contributed by atoms with Gasteiger partial charge in [0.1, 0.15) is 0 Å². The van der Waals surface area contributed by atoms with E-state index in [0.29, 0.717) is 6.61 Å². The Morgan fingerprint density at radius 1 is 1.47 bits per heavy atom. The summed E-state index contributed by atoms with van der Waals surface area (Å²) < 4.78 is 5.60. The van der Waals surface area contributed by atoms with Gasteiger partial charge in [0.25, 0.3) is 0 Å². The van der Waals surface area contributed by atoms with Gasteiger partial charge in [0, 0.05) is 0 Å². The fourth-order valence-electron chi connectivity index (χ4n) is 1.31. The van der Waals surface area contributed by atoms with Gasteiger partial charge in [-0.25, -0.2) is 0 Å². The lowest BCUT2D eigenvalue weighted by atomic mass is 9.96. The summed E-state index contributed by atoms with van der Waals surface area (Å²) in [7, 11) is 0. The second-order valence-corrected chi connectivity index (χ2v) is 3.64. The van der Waals surface area contributed by atoms with Crippen LogP contribution in [-0.2, 0) is 10.3 Å². The molecule has 1 rings (SSSR count). The van der Waals surface area contributed by atoms with Crippen molar-refractivity contribution in [3.63, 3.8) is 0 Å². The van der Waals surface area contributed by atoms with Crippen molar-refractivity contribution >= 4 is 0 Å². The third kappa shape index (κ3) is 2.71. The summed E-state index contributed by atoms with van der Waals surface area (Å²) in [5.74, 6) is 2.68. The van der Waals surface area contributed by atoms with Crippen LogP contribution in [0.2, 0.25) is 0 Å². The van der Waals surface area contributed by atoms with Crippen LogP contribution in [0.3, 0.4) is 0 Å². The fourth-order valence-corrected chi connectivity index (χ4v) is 1.31. The quantitative estimate of drug-likeness (QED) is 0.536. The maximum atomic E-state index is 5.60. The molecule has 0 aromatic heterocycles. The predicted molar refractivity (Wildman–Crippen MR) is 63.5 cm³/mol. The maximum Gasteiger partial charge on any atom is 0.151 e. The number of hydrogen-bond donors (Lipinski definition) is 0. The van der Waals surface area contributed by atoms with Crippen molar-refractivity contribution < 1.29 is 4.74 Å². The van der Waals surface area contributed by atoms with Crippen LogP contribution in [0.15, 0.2) is 36.9 Å². The molecule has 1 heteroatoms. The second-order valence-electron chi connectivity index (χ2n) is 3.64. The molecule has 0 bridgehead atoms. The molecule has 0 aliphatic heterocycles. The predicted octanol–water partition coefficient (Wildman–Crippen LogP) is 3.05. The number of aryl methyl sites for hydroxylation is 1. The summed E-state index contributed by atoms with van der Waals surface area (Å²) in [6, 6.07) is 8.06. The van der Waals surface area contributed by atoms with E-state index in [1.54, 1.807) is 6.08 Å². The molecular formula is C14H16O. The van der Waals surface area contributed by atoms with Gasteiger partial charge in [-0.2, -0.15) is 0 Å². The Kier molecular flexibility index (Phi) is 3.71. The first-order chi connectivity index (χ1) is 7.12. The van der Waals surface area contributed by atoms with Gasteiger partial charge >= 0.3 is 0 Å². The normalized spacial score (nSPS) is 13.9. The summed E-state index contributed by atoms with van der Waals surface area (Å²) in [4.78, 5) is 0. The molecule has 0 spiro atoms. The van der Waals surface area contributed by atoms with Crippen molar-refractivity contribution in [2.24, 2.45) is 0 Å². The molecule has 0 aliphatic rings. The van der Waals surface area contributed by atoms with Crippen molar-refractivity contribution in [1.29, 1.82) is 0 Å². The first-order valence-electron chi connectivity index (χ1n) is 4.92. The van der Waals surface area contributed by atoms with Crippen LogP contribution in [-0.4, -0.2) is 6.61 Å². The molecule has 1 aromatic carbocycles. The molecule has 1 aromatic rings. The number of rotatable bonds is 4. The Morgan fingerprint density at radius 2 is 2.07 bits per heavy atom. The zero-order valence-corrected chi connectivity index (χ0v) is 9.29. The van der Waals surface area contributed by atoms with Gasteiger partial charge < -0.3 is 4.74 Å². The minimum Gasteiger partial charge on any atom is -0.354 e. The lowest BCUT2D eigenvalue weighted by Crippen LogP contribution is -2.23. The molecule has 15 heavy (non-hydrogen) atoms. The highest BCUT2D eigenvalue weighted by Crippen LogP contribution is 2.24. The van der Waals surface area contributed by atoms with Crippen LogP contribution in [0, 0.1) is 19.3 Å². The SMILES string of the molecule is C#CC(C)(OCC=C)c1ccc(C)cc1. The molecule has 0 fully saturated rings. The summed E-state index contributed by atoms with van der Waals surface area (Å²) in [6.45, 7) is 8.00. The Hall–Kier alpha value is -1.52. The Morgan fingerprint density at radius 3 is 2.53 bits per heavy atom. The summed E-state index contributed by atoms with van der Waals surface area (Å²) >= 11 is 0. The lowest BCUT2D eigenvalue weighted by Gasteiger charge is -2.24. The third-order valence-electron chi connectivity index (χ3n) is 2.37. The third-order valence-corrected chi connectivity index (χ3v) is 2.37. The smallest absolute Gasteiger partial charge is 0.151 e. The molecule has 0 aliphatic carbocycles. The van der Waals surface area contributed by atoms with Crippen molar-refractivity contribution in [3.05, 3.63) is 48.0 Å². The molecule has 0 saturated heterocycles. The van der Waals surface area contributed by atoms with Gasteiger partial charge in [-0.1, -0.05) is 41.8 Å². The van der Waals surface area contributed by atoms with Crippen molar-refractivity contribution in [1.82, 2.24) is 0 Å². The largest absolute Gasteiger partial charge is 0.354 e. The monoisotopic (exact) mass is 200 g/mol. The van der Waals surface area contributed by atoms with Gasteiger partial charge in [-0.3, -0.25) is 0 Å². The van der Waals surface area contributed by atoms with Gasteiger partial charge in [-0.05, 0) is 19.4 Å². The average molecular weight is 200 g/mol. The zero-order valence-electron chi connectivity index (χ0n) is 9.29. The summed E-state index contributed by atoms with van der Waals surface area (Å²) in [6.07, 6.45) is 7.21. The van der Waals surface area contributed by atoms with E-state index in [1.807, 2.05) is 38.1 Å². The van der Waals surface area contributed by atoms with Crippen LogP contribution in [0.5, 0.6) is 0 Å². The minimum atomic E-state index is -0.665. The molecular weight excluding hydrogens is 184 g/mol. The molecule has 1 nitrogen and oxygen atoms in total. The van der Waals surface area contributed by atoms with E-state index in [2.05, 4.69) is 12.5 Å². The van der Waals surface area contributed by atoms with E-state index in [9.17, 15) is 0 Å². The molecule has 1 unspecified atom stereocenters. The van der Waals surface area contributed by atoms with Crippen LogP contribution in [0.25, 0.3) is 0 Å². The topological polar surface area (TPSA) is 9.23 Å². The van der Waals surface area contributed by atoms with Crippen LogP contribution in [0.4, 0.5) is 0 Å². The van der Waals surface area contributed by atoms with E-state index in [4.69, 9.17) is 11.2 Å². The molecule has 1 atom stereocenters. The first-order valence-corrected chi connectivity index (χ1v) is 4.92. The molecule has 0 N–H and O–H groups in total. The number of benzene rings is 1. The average Bonchev–Trinajstić information content (AvgIpc) is 2.27. The van der Waals surface area contributed by atoms with Crippen LogP contribution in [0.1, 0.15) is 18.1 Å². The van der Waals surface area contributed by atoms with Crippen molar-refractivity contribution in [3.8, 4) is 12.3 Å². The maximum absolute atomic E-state index is 5.60. The number of hydrogen-bond acceptors (Lipinski definition) is 1. The highest BCUT2D eigenvalue weighted by atomic mass is 16.5. The van der Waals surface area contributed by atoms with Crippen molar-refractivity contribution in [2.75, 3.05) is 6.61 Å². The highest BCUT2D eigenvalue weighted by Gasteiger charge is 2.23. The lowest BCUT2D eigenvalue weighted by molar-refractivity contribution is 0.0290. The highest BCUT2D eigenvalue weighted by molar-refractivity contribution is 5.32.